The van der Waals surface area contributed by atoms with Crippen molar-refractivity contribution in [2.75, 3.05) is 26.1 Å². The van der Waals surface area contributed by atoms with Crippen molar-refractivity contribution in [3.8, 4) is 11.5 Å². The van der Waals surface area contributed by atoms with Gasteiger partial charge in [0, 0.05) is 36.5 Å². The highest BCUT2D eigenvalue weighted by Gasteiger charge is 2.22. The van der Waals surface area contributed by atoms with Gasteiger partial charge in [-0.3, -0.25) is 0 Å². The molecule has 0 bridgehead atoms. The summed E-state index contributed by atoms with van der Waals surface area (Å²) in [5.41, 5.74) is 1.04. The molecule has 112 valence electrons. The van der Waals surface area contributed by atoms with Crippen molar-refractivity contribution < 1.29 is 14.2 Å². The molecule has 0 radical (unpaired) electrons. The van der Waals surface area contributed by atoms with E-state index in [1.165, 1.54) is 6.42 Å². The fourth-order valence-electron chi connectivity index (χ4n) is 2.66. The number of methoxy groups -OCH3 is 2. The van der Waals surface area contributed by atoms with Crippen LogP contribution in [0.25, 0.3) is 0 Å². The van der Waals surface area contributed by atoms with Crippen LogP contribution in [-0.2, 0) is 4.74 Å². The summed E-state index contributed by atoms with van der Waals surface area (Å²) >= 11 is 0. The van der Waals surface area contributed by atoms with Crippen LogP contribution >= 0.6 is 0 Å². The fraction of sp³-hybridized carbons (Fsp3) is 0.625. The molecule has 1 aliphatic heterocycles. The van der Waals surface area contributed by atoms with Crippen molar-refractivity contribution in [3.05, 3.63) is 18.2 Å². The second-order valence-corrected chi connectivity index (χ2v) is 5.25. The molecule has 0 spiro atoms. The topological polar surface area (TPSA) is 39.7 Å². The molecular weight excluding hydrogens is 254 g/mol. The van der Waals surface area contributed by atoms with Crippen molar-refractivity contribution in [1.29, 1.82) is 0 Å². The Labute approximate surface area is 121 Å². The van der Waals surface area contributed by atoms with Crippen molar-refractivity contribution in [3.63, 3.8) is 0 Å². The second kappa shape index (κ2) is 7.39. The highest BCUT2D eigenvalue weighted by Crippen LogP contribution is 2.28. The molecule has 1 aromatic rings. The molecule has 0 saturated carbocycles. The molecule has 1 aromatic carbocycles. The van der Waals surface area contributed by atoms with E-state index < -0.39 is 0 Å². The number of nitrogens with one attached hydrogen (secondary N) is 1. The SMILES string of the molecule is CCCC1CC(Nc2cc(OC)cc(OC)c2)CCO1. The zero-order valence-electron chi connectivity index (χ0n) is 12.6. The van der Waals surface area contributed by atoms with Crippen LogP contribution in [0.15, 0.2) is 18.2 Å². The summed E-state index contributed by atoms with van der Waals surface area (Å²) in [5, 5.41) is 3.58. The maximum Gasteiger partial charge on any atom is 0.124 e. The number of hydrogen-bond donors (Lipinski definition) is 1. The molecule has 0 amide bonds. The first-order valence-corrected chi connectivity index (χ1v) is 7.36. The van der Waals surface area contributed by atoms with E-state index in [0.29, 0.717) is 12.1 Å². The zero-order chi connectivity index (χ0) is 14.4. The highest BCUT2D eigenvalue weighted by molar-refractivity contribution is 5.54. The summed E-state index contributed by atoms with van der Waals surface area (Å²) in [5.74, 6) is 1.62. The maximum atomic E-state index is 5.79. The van der Waals surface area contributed by atoms with E-state index >= 15 is 0 Å². The smallest absolute Gasteiger partial charge is 0.124 e. The molecule has 0 aliphatic carbocycles. The van der Waals surface area contributed by atoms with E-state index in [1.54, 1.807) is 14.2 Å². The van der Waals surface area contributed by atoms with Gasteiger partial charge in [0.25, 0.3) is 0 Å². The first kappa shape index (κ1) is 15.0. The van der Waals surface area contributed by atoms with E-state index in [4.69, 9.17) is 14.2 Å². The van der Waals surface area contributed by atoms with Gasteiger partial charge in [-0.2, -0.15) is 0 Å². The van der Waals surface area contributed by atoms with Gasteiger partial charge in [-0.1, -0.05) is 13.3 Å². The molecule has 1 saturated heterocycles. The number of ether oxygens (including phenoxy) is 3. The third kappa shape index (κ3) is 4.04. The predicted octanol–water partition coefficient (Wildman–Crippen LogP) is 3.46. The molecule has 1 fully saturated rings. The van der Waals surface area contributed by atoms with Crippen molar-refractivity contribution in [2.45, 2.75) is 44.8 Å². The minimum Gasteiger partial charge on any atom is -0.497 e. The number of benzene rings is 1. The van der Waals surface area contributed by atoms with Gasteiger partial charge in [-0.15, -0.1) is 0 Å². The highest BCUT2D eigenvalue weighted by atomic mass is 16.5. The van der Waals surface area contributed by atoms with Crippen LogP contribution in [0.3, 0.4) is 0 Å². The van der Waals surface area contributed by atoms with Crippen LogP contribution in [0.5, 0.6) is 11.5 Å². The first-order chi connectivity index (χ1) is 9.75. The van der Waals surface area contributed by atoms with Crippen LogP contribution < -0.4 is 14.8 Å². The first-order valence-electron chi connectivity index (χ1n) is 7.36. The zero-order valence-corrected chi connectivity index (χ0v) is 12.6. The Morgan fingerprint density at radius 1 is 1.20 bits per heavy atom. The Kier molecular flexibility index (Phi) is 5.53. The minimum absolute atomic E-state index is 0.388. The van der Waals surface area contributed by atoms with Gasteiger partial charge < -0.3 is 19.5 Å². The largest absolute Gasteiger partial charge is 0.497 e. The third-order valence-corrected chi connectivity index (χ3v) is 3.70. The van der Waals surface area contributed by atoms with E-state index in [1.807, 2.05) is 18.2 Å². The summed E-state index contributed by atoms with van der Waals surface area (Å²) in [6.07, 6.45) is 4.80. The Morgan fingerprint density at radius 3 is 2.50 bits per heavy atom. The summed E-state index contributed by atoms with van der Waals surface area (Å²) in [4.78, 5) is 0. The van der Waals surface area contributed by atoms with Crippen LogP contribution in [0, 0.1) is 0 Å². The van der Waals surface area contributed by atoms with Crippen LogP contribution in [0.2, 0.25) is 0 Å². The summed E-state index contributed by atoms with van der Waals surface area (Å²) in [7, 11) is 3.34. The average Bonchev–Trinajstić information content (AvgIpc) is 2.47. The summed E-state index contributed by atoms with van der Waals surface area (Å²) in [6.45, 7) is 3.04. The lowest BCUT2D eigenvalue weighted by Crippen LogP contribution is -2.33. The molecule has 1 aliphatic rings. The average molecular weight is 279 g/mol. The molecule has 2 atom stereocenters. The molecule has 4 nitrogen and oxygen atoms in total. The lowest BCUT2D eigenvalue weighted by atomic mass is 10.00. The quantitative estimate of drug-likeness (QED) is 0.865. The molecule has 20 heavy (non-hydrogen) atoms. The molecule has 1 heterocycles. The fourth-order valence-corrected chi connectivity index (χ4v) is 2.66. The van der Waals surface area contributed by atoms with E-state index in [0.717, 1.165) is 43.1 Å². The van der Waals surface area contributed by atoms with Gasteiger partial charge in [0.1, 0.15) is 11.5 Å². The Hall–Kier alpha value is -1.42. The normalized spacial score (nSPS) is 22.4. The maximum absolute atomic E-state index is 5.79. The number of anilines is 1. The van der Waals surface area contributed by atoms with Gasteiger partial charge in [-0.25, -0.2) is 0 Å². The van der Waals surface area contributed by atoms with Crippen LogP contribution in [-0.4, -0.2) is 33.0 Å². The van der Waals surface area contributed by atoms with Gasteiger partial charge >= 0.3 is 0 Å². The molecule has 0 aromatic heterocycles. The molecule has 2 unspecified atom stereocenters. The lowest BCUT2D eigenvalue weighted by molar-refractivity contribution is 0.00598. The standard InChI is InChI=1S/C16H25NO3/c1-4-5-14-8-12(6-7-20-14)17-13-9-15(18-2)11-16(10-13)19-3/h9-12,14,17H,4-8H2,1-3H3. The van der Waals surface area contributed by atoms with Crippen LogP contribution in [0.1, 0.15) is 32.6 Å². The van der Waals surface area contributed by atoms with Crippen molar-refractivity contribution in [1.82, 2.24) is 0 Å². The van der Waals surface area contributed by atoms with E-state index in [9.17, 15) is 0 Å². The van der Waals surface area contributed by atoms with Gasteiger partial charge in [-0.05, 0) is 19.3 Å². The molecule has 2 rings (SSSR count). The predicted molar refractivity (Wildman–Crippen MR) is 80.8 cm³/mol. The lowest BCUT2D eigenvalue weighted by Gasteiger charge is -2.30. The van der Waals surface area contributed by atoms with Gasteiger partial charge in [0.05, 0.1) is 20.3 Å². The summed E-state index contributed by atoms with van der Waals surface area (Å²) < 4.78 is 16.4. The number of hydrogen-bond acceptors (Lipinski definition) is 4. The second-order valence-electron chi connectivity index (χ2n) is 5.25. The monoisotopic (exact) mass is 279 g/mol. The van der Waals surface area contributed by atoms with E-state index in [-0.39, 0.29) is 0 Å². The minimum atomic E-state index is 0.388. The molecule has 1 N–H and O–H groups in total. The Balaban J connectivity index is 2.01. The van der Waals surface area contributed by atoms with Crippen LogP contribution in [0.4, 0.5) is 5.69 Å². The van der Waals surface area contributed by atoms with Gasteiger partial charge in [0.2, 0.25) is 0 Å². The van der Waals surface area contributed by atoms with Gasteiger partial charge in [0.15, 0.2) is 0 Å². The Bertz CT molecular complexity index is 398. The van der Waals surface area contributed by atoms with Crippen molar-refractivity contribution >= 4 is 5.69 Å². The van der Waals surface area contributed by atoms with E-state index in [2.05, 4.69) is 12.2 Å². The van der Waals surface area contributed by atoms with Crippen molar-refractivity contribution in [2.24, 2.45) is 0 Å². The molecular formula is C16H25NO3. The third-order valence-electron chi connectivity index (χ3n) is 3.70. The Morgan fingerprint density at radius 2 is 1.90 bits per heavy atom. The summed E-state index contributed by atoms with van der Waals surface area (Å²) in [6, 6.07) is 6.35. The number of rotatable bonds is 6. The molecule has 4 heteroatoms.